The van der Waals surface area contributed by atoms with Crippen LogP contribution in [0.15, 0.2) is 10.6 Å². The van der Waals surface area contributed by atoms with Crippen LogP contribution >= 0.6 is 0 Å². The van der Waals surface area contributed by atoms with E-state index >= 15 is 0 Å². The van der Waals surface area contributed by atoms with Crippen LogP contribution in [-0.4, -0.2) is 45.5 Å². The number of ether oxygens (including phenoxy) is 1. The lowest BCUT2D eigenvalue weighted by atomic mass is 10.5. The number of nitrogens with one attached hydrogen (secondary N) is 1. The molecule has 2 rings (SSSR count). The summed E-state index contributed by atoms with van der Waals surface area (Å²) >= 11 is 0. The van der Waals surface area contributed by atoms with E-state index in [1.165, 1.54) is 0 Å². The molecule has 0 aliphatic rings. The maximum Gasteiger partial charge on any atom is 0.315 e. The summed E-state index contributed by atoms with van der Waals surface area (Å²) < 4.78 is 11.8. The van der Waals surface area contributed by atoms with Gasteiger partial charge >= 0.3 is 6.01 Å². The molecule has 0 radical (unpaired) electrons. The minimum absolute atomic E-state index is 0.341. The lowest BCUT2D eigenvalue weighted by Crippen LogP contribution is -2.07. The van der Waals surface area contributed by atoms with Gasteiger partial charge in [0.1, 0.15) is 0 Å². The van der Waals surface area contributed by atoms with Crippen LogP contribution in [0.2, 0.25) is 0 Å². The fourth-order valence-corrected chi connectivity index (χ4v) is 1.10. The fourth-order valence-electron chi connectivity index (χ4n) is 1.10. The van der Waals surface area contributed by atoms with Crippen molar-refractivity contribution >= 4 is 6.01 Å². The van der Waals surface area contributed by atoms with Gasteiger partial charge in [0.25, 0.3) is 5.89 Å². The van der Waals surface area contributed by atoms with Gasteiger partial charge in [-0.05, 0) is 0 Å². The van der Waals surface area contributed by atoms with Crippen LogP contribution in [0.1, 0.15) is 0 Å². The smallest absolute Gasteiger partial charge is 0.315 e. The molecular weight excluding hydrogens is 212 g/mol. The van der Waals surface area contributed by atoms with Crippen LogP contribution in [0.4, 0.5) is 6.01 Å². The van der Waals surface area contributed by atoms with E-state index in [2.05, 4.69) is 25.8 Å². The van der Waals surface area contributed by atoms with E-state index in [0.29, 0.717) is 30.8 Å². The maximum absolute atomic E-state index is 5.32. The monoisotopic (exact) mass is 224 g/mol. The first kappa shape index (κ1) is 10.6. The van der Waals surface area contributed by atoms with Crippen molar-refractivity contribution in [1.29, 1.82) is 0 Å². The Labute approximate surface area is 91.6 Å². The summed E-state index contributed by atoms with van der Waals surface area (Å²) in [6, 6.07) is 0.345. The van der Waals surface area contributed by atoms with E-state index in [9.17, 15) is 0 Å². The van der Waals surface area contributed by atoms with Gasteiger partial charge in [-0.3, -0.25) is 4.68 Å². The second kappa shape index (κ2) is 4.71. The van der Waals surface area contributed by atoms with Gasteiger partial charge in [0.2, 0.25) is 0 Å². The Balaban J connectivity index is 2.02. The molecule has 0 aliphatic carbocycles. The second-order valence-corrected chi connectivity index (χ2v) is 3.11. The van der Waals surface area contributed by atoms with Crippen molar-refractivity contribution in [2.45, 2.75) is 0 Å². The molecule has 0 spiro atoms. The Hall–Kier alpha value is -1.96. The largest absolute Gasteiger partial charge is 0.402 e. The molecule has 0 atom stereocenters. The fraction of sp³-hybridized carbons (Fsp3) is 0.500. The summed E-state index contributed by atoms with van der Waals surface area (Å²) in [6.45, 7) is 1.18. The van der Waals surface area contributed by atoms with Crippen LogP contribution in [0.25, 0.3) is 11.6 Å². The average Bonchev–Trinajstić information content (AvgIpc) is 2.87. The molecule has 8 nitrogen and oxygen atoms in total. The molecule has 0 unspecified atom stereocenters. The Bertz CT molecular complexity index is 451. The van der Waals surface area contributed by atoms with Crippen LogP contribution in [-0.2, 0) is 11.8 Å². The van der Waals surface area contributed by atoms with Crippen molar-refractivity contribution in [2.24, 2.45) is 7.05 Å². The van der Waals surface area contributed by atoms with Crippen LogP contribution in [0.3, 0.4) is 0 Å². The number of hydrogen-bond donors (Lipinski definition) is 1. The van der Waals surface area contributed by atoms with Crippen molar-refractivity contribution < 1.29 is 9.15 Å². The highest BCUT2D eigenvalue weighted by atomic mass is 16.5. The number of hydrogen-bond acceptors (Lipinski definition) is 7. The predicted molar refractivity (Wildman–Crippen MR) is 54.7 cm³/mol. The summed E-state index contributed by atoms with van der Waals surface area (Å²) in [7, 11) is 3.39. The molecule has 0 aliphatic heterocycles. The zero-order valence-corrected chi connectivity index (χ0v) is 9.04. The molecule has 1 N–H and O–H groups in total. The molecule has 0 fully saturated rings. The average molecular weight is 224 g/mol. The van der Waals surface area contributed by atoms with Crippen LogP contribution in [0, 0.1) is 0 Å². The molecular formula is C8H12N6O2. The SMILES string of the molecule is COCCNc1nnc(-c2cn(C)nn2)o1. The van der Waals surface area contributed by atoms with E-state index in [1.54, 1.807) is 25.0 Å². The molecule has 0 amide bonds. The quantitative estimate of drug-likeness (QED) is 0.710. The number of aromatic nitrogens is 5. The van der Waals surface area contributed by atoms with Crippen LogP contribution in [0.5, 0.6) is 0 Å². The zero-order valence-electron chi connectivity index (χ0n) is 9.04. The van der Waals surface area contributed by atoms with E-state index in [1.807, 2.05) is 0 Å². The van der Waals surface area contributed by atoms with Crippen LogP contribution < -0.4 is 5.32 Å². The Morgan fingerprint density at radius 1 is 1.44 bits per heavy atom. The summed E-state index contributed by atoms with van der Waals surface area (Å²) in [5.74, 6) is 0.341. The van der Waals surface area contributed by atoms with Crippen molar-refractivity contribution in [1.82, 2.24) is 25.2 Å². The van der Waals surface area contributed by atoms with Gasteiger partial charge in [-0.2, -0.15) is 0 Å². The van der Waals surface area contributed by atoms with Gasteiger partial charge in [-0.25, -0.2) is 0 Å². The highest BCUT2D eigenvalue weighted by Gasteiger charge is 2.10. The Morgan fingerprint density at radius 2 is 2.31 bits per heavy atom. The number of anilines is 1. The zero-order chi connectivity index (χ0) is 11.4. The summed E-state index contributed by atoms with van der Waals surface area (Å²) in [6.07, 6.45) is 1.70. The summed E-state index contributed by atoms with van der Waals surface area (Å²) in [5.41, 5.74) is 0.551. The molecule has 8 heteroatoms. The van der Waals surface area contributed by atoms with Gasteiger partial charge in [0.05, 0.1) is 12.8 Å². The molecule has 0 bridgehead atoms. The lowest BCUT2D eigenvalue weighted by molar-refractivity contribution is 0.210. The number of methoxy groups -OCH3 is 1. The second-order valence-electron chi connectivity index (χ2n) is 3.11. The molecule has 0 aromatic carbocycles. The normalized spacial score (nSPS) is 10.6. The van der Waals surface area contributed by atoms with Gasteiger partial charge in [0.15, 0.2) is 5.69 Å². The molecule has 0 saturated carbocycles. The molecule has 2 heterocycles. The first-order valence-electron chi connectivity index (χ1n) is 4.72. The molecule has 86 valence electrons. The Kier molecular flexibility index (Phi) is 3.10. The van der Waals surface area contributed by atoms with Crippen molar-refractivity contribution in [3.05, 3.63) is 6.20 Å². The van der Waals surface area contributed by atoms with E-state index in [4.69, 9.17) is 9.15 Å². The van der Waals surface area contributed by atoms with E-state index < -0.39 is 0 Å². The highest BCUT2D eigenvalue weighted by molar-refractivity contribution is 5.44. The third kappa shape index (κ3) is 2.34. The number of nitrogens with zero attached hydrogens (tertiary/aromatic N) is 5. The first-order chi connectivity index (χ1) is 7.79. The van der Waals surface area contributed by atoms with Crippen molar-refractivity contribution in [3.8, 4) is 11.6 Å². The Morgan fingerprint density at radius 3 is 3.00 bits per heavy atom. The van der Waals surface area contributed by atoms with E-state index in [-0.39, 0.29) is 0 Å². The van der Waals surface area contributed by atoms with Gasteiger partial charge in [-0.1, -0.05) is 10.3 Å². The van der Waals surface area contributed by atoms with Crippen molar-refractivity contribution in [2.75, 3.05) is 25.6 Å². The summed E-state index contributed by atoms with van der Waals surface area (Å²) in [5, 5.41) is 18.2. The highest BCUT2D eigenvalue weighted by Crippen LogP contribution is 2.15. The molecule has 2 aromatic rings. The minimum atomic E-state index is 0.341. The third-order valence-corrected chi connectivity index (χ3v) is 1.83. The molecule has 0 saturated heterocycles. The van der Waals surface area contributed by atoms with Gasteiger partial charge in [-0.15, -0.1) is 10.2 Å². The summed E-state index contributed by atoms with van der Waals surface area (Å²) in [4.78, 5) is 0. The molecule has 16 heavy (non-hydrogen) atoms. The molecule has 2 aromatic heterocycles. The van der Waals surface area contributed by atoms with Gasteiger partial charge < -0.3 is 14.5 Å². The first-order valence-corrected chi connectivity index (χ1v) is 4.72. The topological polar surface area (TPSA) is 90.9 Å². The standard InChI is InChI=1S/C8H12N6O2/c1-14-5-6(10-13-14)7-11-12-8(16-7)9-3-4-15-2/h5H,3-4H2,1-2H3,(H,9,12). The minimum Gasteiger partial charge on any atom is -0.402 e. The van der Waals surface area contributed by atoms with E-state index in [0.717, 1.165) is 0 Å². The lowest BCUT2D eigenvalue weighted by Gasteiger charge is -1.97. The third-order valence-electron chi connectivity index (χ3n) is 1.83. The predicted octanol–water partition coefficient (Wildman–Crippen LogP) is -0.0766. The maximum atomic E-state index is 5.32. The number of rotatable bonds is 5. The number of aryl methyl sites for hydroxylation is 1. The van der Waals surface area contributed by atoms with Gasteiger partial charge in [0, 0.05) is 20.7 Å². The van der Waals surface area contributed by atoms with Crippen molar-refractivity contribution in [3.63, 3.8) is 0 Å².